The molecule has 2 N–H and O–H groups in total. The Morgan fingerprint density at radius 3 is 2.48 bits per heavy atom. The fourth-order valence-electron chi connectivity index (χ4n) is 1.82. The van der Waals surface area contributed by atoms with E-state index in [1.165, 1.54) is 12.1 Å². The van der Waals surface area contributed by atoms with Crippen molar-refractivity contribution in [3.05, 3.63) is 71.5 Å². The van der Waals surface area contributed by atoms with Crippen LogP contribution in [0.2, 0.25) is 0 Å². The predicted molar refractivity (Wildman–Crippen MR) is 86.7 cm³/mol. The van der Waals surface area contributed by atoms with Crippen molar-refractivity contribution in [2.45, 2.75) is 25.5 Å². The van der Waals surface area contributed by atoms with Gasteiger partial charge in [-0.2, -0.15) is 0 Å². The van der Waals surface area contributed by atoms with Crippen LogP contribution in [0.5, 0.6) is 0 Å². The fraction of sp³-hybridized carbons (Fsp3) is 0.211. The van der Waals surface area contributed by atoms with Gasteiger partial charge in [0.25, 0.3) is 0 Å². The summed E-state index contributed by atoms with van der Waals surface area (Å²) in [5.41, 5.74) is 6.35. The van der Waals surface area contributed by atoms with Gasteiger partial charge in [-0.1, -0.05) is 42.2 Å². The van der Waals surface area contributed by atoms with Gasteiger partial charge in [0.1, 0.15) is 18.0 Å². The van der Waals surface area contributed by atoms with Crippen LogP contribution in [0, 0.1) is 17.7 Å². The summed E-state index contributed by atoms with van der Waals surface area (Å²) >= 11 is 0. The van der Waals surface area contributed by atoms with Gasteiger partial charge in [0.05, 0.1) is 0 Å². The molecule has 0 heterocycles. The molecule has 1 atom stereocenters. The number of nitrogens with two attached hydrogens (primary N) is 1. The highest BCUT2D eigenvalue weighted by atomic mass is 19.1. The maximum Gasteiger partial charge on any atom is 0.327 e. The highest BCUT2D eigenvalue weighted by Crippen LogP contribution is 2.10. The molecule has 4 heteroatoms. The summed E-state index contributed by atoms with van der Waals surface area (Å²) in [5, 5.41) is 0. The summed E-state index contributed by atoms with van der Waals surface area (Å²) in [7, 11) is 0. The first-order valence-electron chi connectivity index (χ1n) is 7.22. The SMILES string of the molecule is C[C@](N)(CC#Cc1ccc(F)cc1)C(=O)OCc1ccccc1. The van der Waals surface area contributed by atoms with Crippen molar-refractivity contribution >= 4 is 5.97 Å². The third kappa shape index (κ3) is 5.24. The monoisotopic (exact) mass is 311 g/mol. The molecule has 3 nitrogen and oxygen atoms in total. The largest absolute Gasteiger partial charge is 0.459 e. The Balaban J connectivity index is 1.90. The average Bonchev–Trinajstić information content (AvgIpc) is 2.55. The topological polar surface area (TPSA) is 52.3 Å². The van der Waals surface area contributed by atoms with Gasteiger partial charge < -0.3 is 10.5 Å². The molecule has 0 aliphatic carbocycles. The Kier molecular flexibility index (Phi) is 5.51. The highest BCUT2D eigenvalue weighted by molar-refractivity contribution is 5.80. The van der Waals surface area contributed by atoms with Crippen molar-refractivity contribution in [1.82, 2.24) is 0 Å². The molecule has 0 radical (unpaired) electrons. The summed E-state index contributed by atoms with van der Waals surface area (Å²) < 4.78 is 18.0. The molecular weight excluding hydrogens is 293 g/mol. The van der Waals surface area contributed by atoms with E-state index in [0.29, 0.717) is 5.56 Å². The van der Waals surface area contributed by atoms with Crippen LogP contribution in [0.4, 0.5) is 4.39 Å². The van der Waals surface area contributed by atoms with Crippen LogP contribution in [0.15, 0.2) is 54.6 Å². The minimum absolute atomic E-state index is 0.151. The van der Waals surface area contributed by atoms with Gasteiger partial charge in [0.15, 0.2) is 0 Å². The number of esters is 1. The molecule has 0 saturated heterocycles. The molecule has 0 aromatic heterocycles. The Hall–Kier alpha value is -2.64. The summed E-state index contributed by atoms with van der Waals surface area (Å²) in [6.45, 7) is 1.76. The molecule has 118 valence electrons. The van der Waals surface area contributed by atoms with Crippen molar-refractivity contribution in [3.8, 4) is 11.8 Å². The number of benzene rings is 2. The molecule has 0 spiro atoms. The summed E-state index contributed by atoms with van der Waals surface area (Å²) in [6, 6.07) is 15.2. The number of hydrogen-bond acceptors (Lipinski definition) is 3. The lowest BCUT2D eigenvalue weighted by Gasteiger charge is -2.19. The quantitative estimate of drug-likeness (QED) is 0.697. The zero-order valence-electron chi connectivity index (χ0n) is 12.9. The Morgan fingerprint density at radius 1 is 1.17 bits per heavy atom. The van der Waals surface area contributed by atoms with Gasteiger partial charge in [-0.15, -0.1) is 0 Å². The standard InChI is InChI=1S/C19H18FNO2/c1-19(21,13-5-8-15-9-11-17(20)12-10-15)18(22)23-14-16-6-3-2-4-7-16/h2-4,6-7,9-12H,13-14,21H2,1H3/t19-/m0/s1. The van der Waals surface area contributed by atoms with E-state index in [9.17, 15) is 9.18 Å². The van der Waals surface area contributed by atoms with E-state index in [1.807, 2.05) is 30.3 Å². The van der Waals surface area contributed by atoms with Gasteiger partial charge in [0, 0.05) is 12.0 Å². The van der Waals surface area contributed by atoms with E-state index in [2.05, 4.69) is 11.8 Å². The third-order valence-electron chi connectivity index (χ3n) is 3.21. The number of carbonyl (C=O) groups is 1. The van der Waals surface area contributed by atoms with Gasteiger partial charge in [-0.25, -0.2) is 4.39 Å². The molecule has 23 heavy (non-hydrogen) atoms. The van der Waals surface area contributed by atoms with Gasteiger partial charge in [-0.3, -0.25) is 4.79 Å². The number of halogens is 1. The second-order valence-corrected chi connectivity index (χ2v) is 5.46. The summed E-state index contributed by atoms with van der Waals surface area (Å²) in [4.78, 5) is 12.1. The smallest absolute Gasteiger partial charge is 0.327 e. The molecule has 2 aromatic carbocycles. The number of carbonyl (C=O) groups excluding carboxylic acids is 1. The van der Waals surface area contributed by atoms with E-state index in [-0.39, 0.29) is 18.8 Å². The number of hydrogen-bond donors (Lipinski definition) is 1. The Labute approximate surface area is 135 Å². The van der Waals surface area contributed by atoms with Crippen LogP contribution >= 0.6 is 0 Å². The van der Waals surface area contributed by atoms with Crippen molar-refractivity contribution in [1.29, 1.82) is 0 Å². The molecule has 0 aliphatic rings. The number of ether oxygens (including phenoxy) is 1. The van der Waals surface area contributed by atoms with E-state index < -0.39 is 11.5 Å². The second kappa shape index (κ2) is 7.57. The van der Waals surface area contributed by atoms with Crippen molar-refractivity contribution in [2.24, 2.45) is 5.73 Å². The lowest BCUT2D eigenvalue weighted by atomic mass is 10.00. The van der Waals surface area contributed by atoms with Gasteiger partial charge in [0.2, 0.25) is 0 Å². The molecule has 0 aliphatic heterocycles. The zero-order chi connectivity index (χ0) is 16.7. The third-order valence-corrected chi connectivity index (χ3v) is 3.21. The average molecular weight is 311 g/mol. The molecule has 2 aromatic rings. The minimum atomic E-state index is -1.19. The van der Waals surface area contributed by atoms with Crippen LogP contribution in [0.3, 0.4) is 0 Å². The number of rotatable bonds is 4. The Morgan fingerprint density at radius 2 is 1.83 bits per heavy atom. The fourth-order valence-corrected chi connectivity index (χ4v) is 1.82. The van der Waals surface area contributed by atoms with E-state index in [1.54, 1.807) is 19.1 Å². The van der Waals surface area contributed by atoms with Crippen LogP contribution in [-0.2, 0) is 16.1 Å². The molecule has 0 bridgehead atoms. The molecule has 2 rings (SSSR count). The second-order valence-electron chi connectivity index (χ2n) is 5.46. The maximum absolute atomic E-state index is 12.8. The minimum Gasteiger partial charge on any atom is -0.459 e. The first-order valence-corrected chi connectivity index (χ1v) is 7.22. The van der Waals surface area contributed by atoms with Crippen molar-refractivity contribution in [3.63, 3.8) is 0 Å². The van der Waals surface area contributed by atoms with E-state index in [0.717, 1.165) is 5.56 Å². The Bertz CT molecular complexity index is 713. The van der Waals surface area contributed by atoms with Gasteiger partial charge in [-0.05, 0) is 36.8 Å². The van der Waals surface area contributed by atoms with E-state index in [4.69, 9.17) is 10.5 Å². The van der Waals surface area contributed by atoms with Crippen LogP contribution in [0.25, 0.3) is 0 Å². The molecule has 0 amide bonds. The van der Waals surface area contributed by atoms with Crippen molar-refractivity contribution in [2.75, 3.05) is 0 Å². The van der Waals surface area contributed by atoms with Crippen LogP contribution in [-0.4, -0.2) is 11.5 Å². The van der Waals surface area contributed by atoms with E-state index >= 15 is 0 Å². The maximum atomic E-state index is 12.8. The highest BCUT2D eigenvalue weighted by Gasteiger charge is 2.29. The van der Waals surface area contributed by atoms with Crippen molar-refractivity contribution < 1.29 is 13.9 Å². The predicted octanol–water partition coefficient (Wildman–Crippen LogP) is 3.03. The molecular formula is C19H18FNO2. The lowest BCUT2D eigenvalue weighted by molar-refractivity contribution is -0.150. The molecule has 0 fully saturated rings. The first kappa shape index (κ1) is 16.7. The van der Waals surface area contributed by atoms with Crippen LogP contribution < -0.4 is 5.73 Å². The first-order chi connectivity index (χ1) is 11.0. The molecule has 0 unspecified atom stereocenters. The lowest BCUT2D eigenvalue weighted by Crippen LogP contribution is -2.45. The zero-order valence-corrected chi connectivity index (χ0v) is 12.9. The summed E-state index contributed by atoms with van der Waals surface area (Å²) in [5.74, 6) is 4.87. The normalized spacial score (nSPS) is 12.7. The van der Waals surface area contributed by atoms with Crippen LogP contribution in [0.1, 0.15) is 24.5 Å². The molecule has 0 saturated carbocycles. The summed E-state index contributed by atoms with van der Waals surface area (Å²) in [6.07, 6.45) is 0.151. The van der Waals surface area contributed by atoms with Gasteiger partial charge >= 0.3 is 5.97 Å².